The molecule has 1 aliphatic heterocycles. The highest BCUT2D eigenvalue weighted by Gasteiger charge is 2.21. The third-order valence-electron chi connectivity index (χ3n) is 2.86. The average Bonchev–Trinajstić information content (AvgIpc) is 2.40. The molecule has 1 atom stereocenters. The summed E-state index contributed by atoms with van der Waals surface area (Å²) in [5.74, 6) is 0. The SMILES string of the molecule is C=C/C=C1\C(=C/C)CCN(C)C1C.CC.CC. The van der Waals surface area contributed by atoms with Gasteiger partial charge in [0.25, 0.3) is 0 Å². The Balaban J connectivity index is 0. The van der Waals surface area contributed by atoms with E-state index in [9.17, 15) is 0 Å². The van der Waals surface area contributed by atoms with Crippen molar-refractivity contribution < 1.29 is 0 Å². The summed E-state index contributed by atoms with van der Waals surface area (Å²) < 4.78 is 0. The molecule has 1 heteroatoms. The second-order valence-corrected chi connectivity index (χ2v) is 3.58. The molecule has 1 saturated heterocycles. The van der Waals surface area contributed by atoms with E-state index in [4.69, 9.17) is 0 Å². The third kappa shape index (κ3) is 5.88. The topological polar surface area (TPSA) is 3.24 Å². The smallest absolute Gasteiger partial charge is 0.0319 e. The zero-order chi connectivity index (χ0) is 13.8. The van der Waals surface area contributed by atoms with Crippen LogP contribution in [0.25, 0.3) is 0 Å². The van der Waals surface area contributed by atoms with Crippen LogP contribution >= 0.6 is 0 Å². The van der Waals surface area contributed by atoms with Crippen LogP contribution in [0.2, 0.25) is 0 Å². The largest absolute Gasteiger partial charge is 0.299 e. The van der Waals surface area contributed by atoms with E-state index >= 15 is 0 Å². The molecule has 0 aliphatic carbocycles. The molecular weight excluding hydrogens is 206 g/mol. The van der Waals surface area contributed by atoms with Gasteiger partial charge in [0.1, 0.15) is 0 Å². The van der Waals surface area contributed by atoms with Crippen LogP contribution in [0.4, 0.5) is 0 Å². The van der Waals surface area contributed by atoms with Crippen LogP contribution in [0.5, 0.6) is 0 Å². The van der Waals surface area contributed by atoms with E-state index in [1.165, 1.54) is 11.1 Å². The molecule has 0 bridgehead atoms. The van der Waals surface area contributed by atoms with E-state index in [1.807, 2.05) is 33.8 Å². The van der Waals surface area contributed by atoms with E-state index in [0.29, 0.717) is 6.04 Å². The Bertz CT molecular complexity index is 248. The van der Waals surface area contributed by atoms with Crippen molar-refractivity contribution in [1.82, 2.24) is 4.90 Å². The van der Waals surface area contributed by atoms with Gasteiger partial charge in [-0.15, -0.1) is 0 Å². The predicted octanol–water partition coefficient (Wildman–Crippen LogP) is 4.82. The normalized spacial score (nSPS) is 24.5. The average molecular weight is 237 g/mol. The zero-order valence-corrected chi connectivity index (χ0v) is 12.9. The van der Waals surface area contributed by atoms with Crippen LogP contribution in [0, 0.1) is 0 Å². The number of likely N-dealkylation sites (N-methyl/N-ethyl adjacent to an activating group) is 1. The number of hydrogen-bond acceptors (Lipinski definition) is 1. The van der Waals surface area contributed by atoms with Crippen LogP contribution in [-0.4, -0.2) is 24.5 Å². The van der Waals surface area contributed by atoms with E-state index < -0.39 is 0 Å². The summed E-state index contributed by atoms with van der Waals surface area (Å²) in [4.78, 5) is 2.38. The van der Waals surface area contributed by atoms with Gasteiger partial charge in [-0.25, -0.2) is 0 Å². The molecule has 1 heterocycles. The molecule has 17 heavy (non-hydrogen) atoms. The van der Waals surface area contributed by atoms with Gasteiger partial charge in [-0.05, 0) is 38.5 Å². The molecule has 1 aliphatic rings. The van der Waals surface area contributed by atoms with Gasteiger partial charge in [0.15, 0.2) is 0 Å². The first kappa shape index (κ1) is 18.5. The standard InChI is InChI=1S/C12H19N.2C2H6/c1-5-7-12-10(3)13(4)9-8-11(12)6-2;2*1-2/h5-7,10H,1,8-9H2,2-4H3;2*1-2H3/b11-6-,12-7-;;. The minimum absolute atomic E-state index is 0.526. The van der Waals surface area contributed by atoms with Crippen LogP contribution in [0.3, 0.4) is 0 Å². The van der Waals surface area contributed by atoms with Gasteiger partial charge >= 0.3 is 0 Å². The summed E-state index contributed by atoms with van der Waals surface area (Å²) in [6.45, 7) is 17.3. The van der Waals surface area contributed by atoms with Crippen molar-refractivity contribution in [2.75, 3.05) is 13.6 Å². The van der Waals surface area contributed by atoms with Crippen molar-refractivity contribution in [2.24, 2.45) is 0 Å². The van der Waals surface area contributed by atoms with E-state index in [0.717, 1.165) is 13.0 Å². The van der Waals surface area contributed by atoms with Crippen molar-refractivity contribution >= 4 is 0 Å². The van der Waals surface area contributed by atoms with Crippen LogP contribution in [-0.2, 0) is 0 Å². The molecule has 100 valence electrons. The maximum atomic E-state index is 3.76. The molecule has 1 fully saturated rings. The molecule has 1 rings (SSSR count). The molecule has 0 aromatic heterocycles. The zero-order valence-electron chi connectivity index (χ0n) is 12.9. The first-order valence-corrected chi connectivity index (χ1v) is 6.89. The van der Waals surface area contributed by atoms with Gasteiger partial charge in [-0.2, -0.15) is 0 Å². The van der Waals surface area contributed by atoms with Gasteiger partial charge < -0.3 is 0 Å². The molecule has 1 nitrogen and oxygen atoms in total. The number of hydrogen-bond donors (Lipinski definition) is 0. The number of piperidine rings is 1. The highest BCUT2D eigenvalue weighted by molar-refractivity contribution is 5.38. The molecule has 0 saturated carbocycles. The molecular formula is C16H31N. The van der Waals surface area contributed by atoms with Crippen LogP contribution in [0.1, 0.15) is 48.0 Å². The Morgan fingerprint density at radius 2 is 1.76 bits per heavy atom. The summed E-state index contributed by atoms with van der Waals surface area (Å²) in [6, 6.07) is 0.526. The van der Waals surface area contributed by atoms with Gasteiger partial charge in [0, 0.05) is 12.6 Å². The third-order valence-corrected chi connectivity index (χ3v) is 2.86. The second kappa shape index (κ2) is 11.7. The molecule has 0 aromatic carbocycles. The number of nitrogens with zero attached hydrogens (tertiary/aromatic N) is 1. The van der Waals surface area contributed by atoms with Gasteiger partial charge in [0.05, 0.1) is 0 Å². The van der Waals surface area contributed by atoms with Gasteiger partial charge in [0.2, 0.25) is 0 Å². The Labute approximate surface area is 109 Å². The van der Waals surface area contributed by atoms with E-state index in [1.54, 1.807) is 0 Å². The summed E-state index contributed by atoms with van der Waals surface area (Å²) in [5, 5.41) is 0. The fourth-order valence-electron chi connectivity index (χ4n) is 1.82. The monoisotopic (exact) mass is 237 g/mol. The lowest BCUT2D eigenvalue weighted by Gasteiger charge is -2.34. The molecule has 0 aromatic rings. The molecule has 1 unspecified atom stereocenters. The first-order chi connectivity index (χ1) is 8.20. The van der Waals surface area contributed by atoms with Crippen molar-refractivity contribution in [3.63, 3.8) is 0 Å². The maximum absolute atomic E-state index is 3.76. The lowest BCUT2D eigenvalue weighted by Crippen LogP contribution is -2.36. The van der Waals surface area contributed by atoms with Gasteiger partial charge in [-0.3, -0.25) is 4.90 Å². The number of rotatable bonds is 1. The summed E-state index contributed by atoms with van der Waals surface area (Å²) in [6.07, 6.45) is 7.40. The highest BCUT2D eigenvalue weighted by atomic mass is 15.1. The fraction of sp³-hybridized carbons (Fsp3) is 0.625. The minimum atomic E-state index is 0.526. The summed E-state index contributed by atoms with van der Waals surface area (Å²) in [5.41, 5.74) is 2.90. The lowest BCUT2D eigenvalue weighted by molar-refractivity contribution is 0.272. The molecule has 0 N–H and O–H groups in total. The Morgan fingerprint density at radius 1 is 1.24 bits per heavy atom. The van der Waals surface area contributed by atoms with Crippen LogP contribution < -0.4 is 0 Å². The lowest BCUT2D eigenvalue weighted by atomic mass is 9.91. The van der Waals surface area contributed by atoms with Crippen molar-refractivity contribution in [2.45, 2.75) is 54.0 Å². The summed E-state index contributed by atoms with van der Waals surface area (Å²) in [7, 11) is 2.17. The van der Waals surface area contributed by atoms with Gasteiger partial charge in [-0.1, -0.05) is 52.5 Å². The fourth-order valence-corrected chi connectivity index (χ4v) is 1.82. The first-order valence-electron chi connectivity index (χ1n) is 6.89. The molecule has 0 amide bonds. The molecule has 0 spiro atoms. The predicted molar refractivity (Wildman–Crippen MR) is 81.4 cm³/mol. The Kier molecular flexibility index (Phi) is 12.7. The maximum Gasteiger partial charge on any atom is 0.0319 e. The molecule has 0 radical (unpaired) electrons. The Morgan fingerprint density at radius 3 is 2.18 bits per heavy atom. The number of likely N-dealkylation sites (tertiary alicyclic amines) is 1. The minimum Gasteiger partial charge on any atom is -0.299 e. The van der Waals surface area contributed by atoms with Crippen molar-refractivity contribution in [3.05, 3.63) is 36.0 Å². The summed E-state index contributed by atoms with van der Waals surface area (Å²) >= 11 is 0. The highest BCUT2D eigenvalue weighted by Crippen LogP contribution is 2.26. The van der Waals surface area contributed by atoms with Crippen molar-refractivity contribution in [1.29, 1.82) is 0 Å². The van der Waals surface area contributed by atoms with Crippen LogP contribution in [0.15, 0.2) is 36.0 Å². The number of allylic oxidation sites excluding steroid dienone is 3. The quantitative estimate of drug-likeness (QED) is 0.632. The second-order valence-electron chi connectivity index (χ2n) is 3.58. The van der Waals surface area contributed by atoms with E-state index in [-0.39, 0.29) is 0 Å². The Hall–Kier alpha value is -0.820. The van der Waals surface area contributed by atoms with E-state index in [2.05, 4.69) is 44.5 Å². The van der Waals surface area contributed by atoms with Crippen molar-refractivity contribution in [3.8, 4) is 0 Å².